The van der Waals surface area contributed by atoms with E-state index in [0.29, 0.717) is 5.56 Å². The van der Waals surface area contributed by atoms with Crippen molar-refractivity contribution in [3.8, 4) is 0 Å². The maximum atomic E-state index is 13.1. The van der Waals surface area contributed by atoms with Crippen LogP contribution in [0.4, 0.5) is 0 Å². The number of rotatable bonds is 17. The largest absolute Gasteiger partial charge is 0.391 e. The fourth-order valence-electron chi connectivity index (χ4n) is 4.29. The number of aryl methyl sites for hydroxylation is 1. The molecular weight excluding hydrogens is 662 g/mol. The highest BCUT2D eigenvalue weighted by Crippen LogP contribution is 2.11. The zero-order valence-electron chi connectivity index (χ0n) is 30.7. The SMILES string of the molecule is CC.CCC(=O)NCC(=O)N(C(C)C)C(C(=O)NCC(=O)NC(Cc1ccccc1)C(=O)NCC(=O)NC(C)C(N)=O)C(C)O.Cc1cnc[nH]1. The first kappa shape index (κ1) is 45.7. The number of carbonyl (C=O) groups excluding carboxylic acids is 7. The Bertz CT molecular complexity index is 1390. The summed E-state index contributed by atoms with van der Waals surface area (Å²) in [5, 5.41) is 22.4. The third-order valence-corrected chi connectivity index (χ3v) is 6.85. The number of aliphatic hydroxyl groups excluding tert-OH is 1. The average Bonchev–Trinajstić information content (AvgIpc) is 3.58. The van der Waals surface area contributed by atoms with Crippen molar-refractivity contribution in [1.82, 2.24) is 41.5 Å². The van der Waals surface area contributed by atoms with Crippen LogP contribution in [-0.4, -0.2) is 111 Å². The number of nitrogens with zero attached hydrogens (tertiary/aromatic N) is 2. The second kappa shape index (κ2) is 24.8. The summed E-state index contributed by atoms with van der Waals surface area (Å²) < 4.78 is 0. The van der Waals surface area contributed by atoms with Crippen molar-refractivity contribution in [2.24, 2.45) is 5.73 Å². The lowest BCUT2D eigenvalue weighted by Crippen LogP contribution is -2.60. The molecule has 0 saturated carbocycles. The molecule has 1 aromatic carbocycles. The molecule has 0 bridgehead atoms. The van der Waals surface area contributed by atoms with E-state index in [-0.39, 0.29) is 25.3 Å². The molecule has 17 nitrogen and oxygen atoms in total. The maximum Gasteiger partial charge on any atom is 0.245 e. The lowest BCUT2D eigenvalue weighted by molar-refractivity contribution is -0.147. The third kappa shape index (κ3) is 18.3. The monoisotopic (exact) mass is 717 g/mol. The first-order valence-electron chi connectivity index (χ1n) is 16.8. The summed E-state index contributed by atoms with van der Waals surface area (Å²) in [7, 11) is 0. The highest BCUT2D eigenvalue weighted by molar-refractivity contribution is 5.95. The molecule has 0 spiro atoms. The van der Waals surface area contributed by atoms with Gasteiger partial charge in [0.05, 0.1) is 32.1 Å². The summed E-state index contributed by atoms with van der Waals surface area (Å²) in [6.07, 6.45) is 2.34. The molecule has 284 valence electrons. The van der Waals surface area contributed by atoms with Gasteiger partial charge in [-0.3, -0.25) is 33.6 Å². The number of nitrogens with one attached hydrogen (secondary N) is 6. The molecule has 0 aliphatic rings. The number of H-pyrrole nitrogens is 1. The minimum Gasteiger partial charge on any atom is -0.391 e. The van der Waals surface area contributed by atoms with Crippen LogP contribution in [0.2, 0.25) is 0 Å². The van der Waals surface area contributed by atoms with Crippen molar-refractivity contribution in [3.63, 3.8) is 0 Å². The minimum absolute atomic E-state index is 0.0566. The van der Waals surface area contributed by atoms with Gasteiger partial charge in [0.1, 0.15) is 18.1 Å². The van der Waals surface area contributed by atoms with Crippen LogP contribution in [-0.2, 0) is 40.0 Å². The number of hydrogen-bond donors (Lipinski definition) is 8. The van der Waals surface area contributed by atoms with Gasteiger partial charge >= 0.3 is 0 Å². The maximum absolute atomic E-state index is 13.1. The Morgan fingerprint density at radius 3 is 1.86 bits per heavy atom. The Kier molecular flexibility index (Phi) is 22.2. The topological polar surface area (TPSA) is 258 Å². The van der Waals surface area contributed by atoms with Gasteiger partial charge in [0.25, 0.3) is 0 Å². The normalized spacial score (nSPS) is 12.5. The minimum atomic E-state index is -1.37. The van der Waals surface area contributed by atoms with Crippen molar-refractivity contribution in [3.05, 3.63) is 54.1 Å². The van der Waals surface area contributed by atoms with E-state index in [1.165, 1.54) is 13.8 Å². The van der Waals surface area contributed by atoms with Gasteiger partial charge in [0.15, 0.2) is 0 Å². The summed E-state index contributed by atoms with van der Waals surface area (Å²) in [4.78, 5) is 94.3. The van der Waals surface area contributed by atoms with Crippen molar-refractivity contribution in [2.45, 2.75) is 98.5 Å². The molecule has 0 radical (unpaired) electrons. The van der Waals surface area contributed by atoms with Gasteiger partial charge in [0, 0.05) is 30.8 Å². The molecule has 7 amide bonds. The van der Waals surface area contributed by atoms with E-state index in [9.17, 15) is 38.7 Å². The van der Waals surface area contributed by atoms with E-state index in [2.05, 4.69) is 36.6 Å². The third-order valence-electron chi connectivity index (χ3n) is 6.85. The molecule has 51 heavy (non-hydrogen) atoms. The zero-order chi connectivity index (χ0) is 39.1. The molecule has 2 rings (SSSR count). The number of carbonyl (C=O) groups is 7. The van der Waals surface area contributed by atoms with E-state index in [4.69, 9.17) is 5.73 Å². The number of primary amides is 1. The number of nitrogens with two attached hydrogens (primary N) is 1. The van der Waals surface area contributed by atoms with E-state index in [0.717, 1.165) is 10.6 Å². The molecule has 1 aromatic heterocycles. The average molecular weight is 718 g/mol. The van der Waals surface area contributed by atoms with Gasteiger partial charge in [-0.15, -0.1) is 0 Å². The van der Waals surface area contributed by atoms with E-state index in [1.54, 1.807) is 63.6 Å². The number of imidazole rings is 1. The molecule has 0 aliphatic heterocycles. The molecule has 0 aliphatic carbocycles. The fraction of sp³-hybridized carbons (Fsp3) is 0.529. The summed E-state index contributed by atoms with van der Waals surface area (Å²) >= 11 is 0. The number of aromatic amines is 1. The predicted molar refractivity (Wildman–Crippen MR) is 190 cm³/mol. The van der Waals surface area contributed by atoms with Crippen LogP contribution in [0.25, 0.3) is 0 Å². The van der Waals surface area contributed by atoms with Crippen molar-refractivity contribution >= 4 is 41.4 Å². The lowest BCUT2D eigenvalue weighted by Gasteiger charge is -2.35. The van der Waals surface area contributed by atoms with Crippen LogP contribution < -0.4 is 32.3 Å². The Balaban J connectivity index is 0.00000276. The van der Waals surface area contributed by atoms with Crippen LogP contribution in [0.3, 0.4) is 0 Å². The Morgan fingerprint density at radius 1 is 0.843 bits per heavy atom. The molecular formula is C34H55N9O8. The van der Waals surface area contributed by atoms with Crippen molar-refractivity contribution in [2.75, 3.05) is 19.6 Å². The zero-order valence-corrected chi connectivity index (χ0v) is 30.7. The smallest absolute Gasteiger partial charge is 0.245 e. The van der Waals surface area contributed by atoms with E-state index in [1.807, 2.05) is 20.8 Å². The molecule has 2 aromatic rings. The van der Waals surface area contributed by atoms with Crippen molar-refractivity contribution in [1.29, 1.82) is 0 Å². The lowest BCUT2D eigenvalue weighted by atomic mass is 10.0. The number of benzene rings is 1. The molecule has 4 atom stereocenters. The number of aromatic nitrogens is 2. The Labute approximate surface area is 299 Å². The second-order valence-corrected chi connectivity index (χ2v) is 11.4. The molecule has 0 fully saturated rings. The van der Waals surface area contributed by atoms with Crippen LogP contribution in [0.15, 0.2) is 42.9 Å². The van der Waals surface area contributed by atoms with Gasteiger partial charge in [-0.1, -0.05) is 51.1 Å². The molecule has 17 heteroatoms. The van der Waals surface area contributed by atoms with Crippen LogP contribution in [0, 0.1) is 6.92 Å². The Hall–Kier alpha value is -5.32. The number of aliphatic hydroxyl groups is 1. The van der Waals surface area contributed by atoms with Crippen LogP contribution in [0.1, 0.15) is 66.1 Å². The highest BCUT2D eigenvalue weighted by Gasteiger charge is 2.35. The van der Waals surface area contributed by atoms with Gasteiger partial charge in [-0.2, -0.15) is 0 Å². The molecule has 0 saturated heterocycles. The van der Waals surface area contributed by atoms with E-state index >= 15 is 0 Å². The van der Waals surface area contributed by atoms with E-state index < -0.39 is 78.8 Å². The van der Waals surface area contributed by atoms with Crippen LogP contribution in [0.5, 0.6) is 0 Å². The Morgan fingerprint density at radius 2 is 1.41 bits per heavy atom. The summed E-state index contributed by atoms with van der Waals surface area (Å²) in [5.41, 5.74) is 6.93. The summed E-state index contributed by atoms with van der Waals surface area (Å²) in [6.45, 7) is 12.1. The predicted octanol–water partition coefficient (Wildman–Crippen LogP) is -0.807. The first-order chi connectivity index (χ1) is 24.1. The summed E-state index contributed by atoms with van der Waals surface area (Å²) in [5.74, 6) is -4.65. The highest BCUT2D eigenvalue weighted by atomic mass is 16.3. The van der Waals surface area contributed by atoms with Gasteiger partial charge in [0.2, 0.25) is 41.4 Å². The first-order valence-corrected chi connectivity index (χ1v) is 16.8. The number of amides is 7. The standard InChI is InChI=1S/C28H43N7O8.C4H6N2.C2H6/c1-6-21(37)30-15-24(40)35(16(2)3)25(18(5)36)28(43)32-14-23(39)34-20(12-19-10-8-7-9-11-19)27(42)31-13-22(38)33-17(4)26(29)41;1-4-2-5-3-6-4;1-2/h7-11,16-18,20,25,36H,6,12-15H2,1-5H3,(H2,29,41)(H,30,37)(H,31,42)(H,32,43)(H,33,38)(H,34,39);2-3H,1H3,(H,5,6);1-2H3. The summed E-state index contributed by atoms with van der Waals surface area (Å²) in [6, 6.07) is 4.75. The second-order valence-electron chi connectivity index (χ2n) is 11.4. The van der Waals surface area contributed by atoms with Gasteiger partial charge in [-0.25, -0.2) is 4.98 Å². The fourth-order valence-corrected chi connectivity index (χ4v) is 4.29. The molecule has 1 heterocycles. The van der Waals surface area contributed by atoms with Crippen molar-refractivity contribution < 1.29 is 38.7 Å². The van der Waals surface area contributed by atoms with Crippen LogP contribution >= 0.6 is 0 Å². The quantitative estimate of drug-likeness (QED) is 0.102. The molecule has 4 unspecified atom stereocenters. The van der Waals surface area contributed by atoms with Gasteiger partial charge < -0.3 is 47.3 Å². The number of hydrogen-bond acceptors (Lipinski definition) is 9. The van der Waals surface area contributed by atoms with Gasteiger partial charge in [-0.05, 0) is 40.2 Å². The molecule has 9 N–H and O–H groups in total.